The summed E-state index contributed by atoms with van der Waals surface area (Å²) in [7, 11) is 0. The molecule has 0 fully saturated rings. The van der Waals surface area contributed by atoms with Crippen LogP contribution in [-0.2, 0) is 0 Å². The summed E-state index contributed by atoms with van der Waals surface area (Å²) in [5, 5.41) is 1.53. The van der Waals surface area contributed by atoms with E-state index in [1.807, 2.05) is 0 Å². The largest absolute Gasteiger partial charge is 0.318 e. The lowest BCUT2D eigenvalue weighted by Gasteiger charge is -2.20. The molecule has 0 aliphatic heterocycles. The second-order valence-electron chi connectivity index (χ2n) is 5.18. The maximum Gasteiger partial charge on any atom is 0.201 e. The summed E-state index contributed by atoms with van der Waals surface area (Å²) in [5.41, 5.74) is 7.04. The molecule has 2 aromatic carbocycles. The molecule has 0 aliphatic carbocycles. The number of nitrogens with one attached hydrogen (secondary N) is 2. The molecule has 2 N–H and O–H groups in total. The number of imidazole rings is 1. The summed E-state index contributed by atoms with van der Waals surface area (Å²) < 4.78 is 1.65. The second kappa shape index (κ2) is 7.89. The predicted octanol–water partition coefficient (Wildman–Crippen LogP) is 4.84. The lowest BCUT2D eigenvalue weighted by atomic mass is 10.1. The number of hydrogen-bond donors (Lipinski definition) is 2. The number of benzene rings is 2. The van der Waals surface area contributed by atoms with Crippen LogP contribution in [0, 0.1) is 0 Å². The van der Waals surface area contributed by atoms with Gasteiger partial charge < -0.3 is 9.99 Å². The zero-order chi connectivity index (χ0) is 17.8. The first-order valence-corrected chi connectivity index (χ1v) is 8.42. The van der Waals surface area contributed by atoms with Crippen molar-refractivity contribution in [2.24, 2.45) is 0 Å². The maximum absolute atomic E-state index is 12.9. The van der Waals surface area contributed by atoms with Crippen molar-refractivity contribution in [3.8, 4) is 0 Å². The minimum atomic E-state index is -0.726. The second-order valence-corrected chi connectivity index (χ2v) is 6.46. The number of ketones is 1. The Morgan fingerprint density at radius 3 is 2.40 bits per heavy atom. The third-order valence-electron chi connectivity index (χ3n) is 3.47. The predicted molar refractivity (Wildman–Crippen MR) is 100 cm³/mol. The molecule has 3 aromatic rings. The topological polar surface area (TPSA) is 59.0 Å². The van der Waals surface area contributed by atoms with Gasteiger partial charge in [-0.3, -0.25) is 4.79 Å². The third kappa shape index (κ3) is 4.32. The van der Waals surface area contributed by atoms with E-state index in [0.29, 0.717) is 26.3 Å². The molecule has 0 bridgehead atoms. The number of aromatic nitrogens is 2. The summed E-state index contributed by atoms with van der Waals surface area (Å²) in [6, 6.07) is 11.7. The van der Waals surface area contributed by atoms with Crippen molar-refractivity contribution in [2.45, 2.75) is 6.17 Å². The Bertz CT molecular complexity index is 866. The Morgan fingerprint density at radius 1 is 1.04 bits per heavy atom. The molecule has 0 amide bonds. The summed E-state index contributed by atoms with van der Waals surface area (Å²) in [6.45, 7) is 0. The average Bonchev–Trinajstić information content (AvgIpc) is 3.11. The van der Waals surface area contributed by atoms with Crippen molar-refractivity contribution in [3.05, 3.63) is 81.8 Å². The zero-order valence-electron chi connectivity index (χ0n) is 12.8. The SMILES string of the molecule is O=C(c1ccc(Cl)cc1)C(NNc1ccc(Cl)cc1Cl)n1ccnc1. The Hall–Kier alpha value is -2.05. The zero-order valence-corrected chi connectivity index (χ0v) is 15.1. The Labute approximate surface area is 159 Å². The van der Waals surface area contributed by atoms with Crippen LogP contribution in [0.2, 0.25) is 15.1 Å². The van der Waals surface area contributed by atoms with Crippen LogP contribution in [0.1, 0.15) is 16.5 Å². The number of nitrogens with zero attached hydrogens (tertiary/aromatic N) is 2. The number of halogens is 3. The van der Waals surface area contributed by atoms with E-state index in [-0.39, 0.29) is 5.78 Å². The smallest absolute Gasteiger partial charge is 0.201 e. The van der Waals surface area contributed by atoms with Gasteiger partial charge in [-0.05, 0) is 42.5 Å². The van der Waals surface area contributed by atoms with Gasteiger partial charge in [-0.1, -0.05) is 34.8 Å². The van der Waals surface area contributed by atoms with E-state index in [2.05, 4.69) is 15.8 Å². The van der Waals surface area contributed by atoms with Crippen LogP contribution in [0.25, 0.3) is 0 Å². The van der Waals surface area contributed by atoms with Gasteiger partial charge in [-0.2, -0.15) is 0 Å². The average molecular weight is 396 g/mol. The molecular weight excluding hydrogens is 383 g/mol. The van der Waals surface area contributed by atoms with Crippen LogP contribution < -0.4 is 10.9 Å². The van der Waals surface area contributed by atoms with Gasteiger partial charge in [-0.15, -0.1) is 0 Å². The van der Waals surface area contributed by atoms with Gasteiger partial charge in [0.05, 0.1) is 17.0 Å². The van der Waals surface area contributed by atoms with Gasteiger partial charge in [0.2, 0.25) is 5.78 Å². The Morgan fingerprint density at radius 2 is 1.76 bits per heavy atom. The Balaban J connectivity index is 1.83. The number of anilines is 1. The fraction of sp³-hybridized carbons (Fsp3) is 0.0588. The van der Waals surface area contributed by atoms with Gasteiger partial charge in [0.15, 0.2) is 6.17 Å². The molecule has 1 heterocycles. The van der Waals surface area contributed by atoms with Crippen LogP contribution in [0.4, 0.5) is 5.69 Å². The van der Waals surface area contributed by atoms with Crippen molar-refractivity contribution >= 4 is 46.3 Å². The highest BCUT2D eigenvalue weighted by molar-refractivity contribution is 6.36. The Kier molecular flexibility index (Phi) is 5.60. The van der Waals surface area contributed by atoms with E-state index in [4.69, 9.17) is 34.8 Å². The number of carbonyl (C=O) groups is 1. The minimum absolute atomic E-state index is 0.160. The summed E-state index contributed by atoms with van der Waals surface area (Å²) in [4.78, 5) is 16.9. The fourth-order valence-corrected chi connectivity index (χ4v) is 2.79. The van der Waals surface area contributed by atoms with Crippen LogP contribution in [0.3, 0.4) is 0 Å². The van der Waals surface area contributed by atoms with Gasteiger partial charge in [0, 0.05) is 28.0 Å². The van der Waals surface area contributed by atoms with Crippen molar-refractivity contribution in [2.75, 3.05) is 5.43 Å². The molecule has 3 rings (SSSR count). The van der Waals surface area contributed by atoms with E-state index in [9.17, 15) is 4.79 Å². The molecule has 0 spiro atoms. The van der Waals surface area contributed by atoms with Crippen LogP contribution in [0.5, 0.6) is 0 Å². The van der Waals surface area contributed by atoms with Gasteiger partial charge in [0.1, 0.15) is 0 Å². The fourth-order valence-electron chi connectivity index (χ4n) is 2.21. The minimum Gasteiger partial charge on any atom is -0.318 e. The molecule has 8 heteroatoms. The van der Waals surface area contributed by atoms with Crippen LogP contribution in [0.15, 0.2) is 61.2 Å². The standard InChI is InChI=1S/C17H13Cl3N4O/c18-12-3-1-11(2-4-12)16(25)17(24-8-7-21-10-24)23-22-15-6-5-13(19)9-14(15)20/h1-10,17,22-23H. The lowest BCUT2D eigenvalue weighted by molar-refractivity contribution is 0.0907. The van der Waals surface area contributed by atoms with Gasteiger partial charge >= 0.3 is 0 Å². The number of rotatable bonds is 6. The molecule has 0 saturated carbocycles. The molecule has 0 saturated heterocycles. The maximum atomic E-state index is 12.9. The lowest BCUT2D eigenvalue weighted by Crippen LogP contribution is -2.37. The monoisotopic (exact) mass is 394 g/mol. The molecule has 128 valence electrons. The number of Topliss-reactive ketones (excluding diaryl/α,β-unsaturated/α-hetero) is 1. The highest BCUT2D eigenvalue weighted by Gasteiger charge is 2.21. The summed E-state index contributed by atoms with van der Waals surface area (Å²) >= 11 is 17.9. The third-order valence-corrected chi connectivity index (χ3v) is 4.27. The summed E-state index contributed by atoms with van der Waals surface area (Å²) in [6.07, 6.45) is 4.11. The molecule has 0 aliphatic rings. The molecule has 0 radical (unpaired) electrons. The molecular formula is C17H13Cl3N4O. The van der Waals surface area contributed by atoms with E-state index >= 15 is 0 Å². The first-order valence-electron chi connectivity index (χ1n) is 7.28. The highest BCUT2D eigenvalue weighted by Crippen LogP contribution is 2.25. The van der Waals surface area contributed by atoms with Gasteiger partial charge in [0.25, 0.3) is 0 Å². The van der Waals surface area contributed by atoms with Crippen LogP contribution >= 0.6 is 34.8 Å². The van der Waals surface area contributed by atoms with E-state index in [0.717, 1.165) is 0 Å². The van der Waals surface area contributed by atoms with E-state index < -0.39 is 6.17 Å². The van der Waals surface area contributed by atoms with Gasteiger partial charge in [-0.25, -0.2) is 10.4 Å². The quantitative estimate of drug-likeness (QED) is 0.463. The normalized spacial score (nSPS) is 12.0. The van der Waals surface area contributed by atoms with Crippen molar-refractivity contribution in [3.63, 3.8) is 0 Å². The van der Waals surface area contributed by atoms with Crippen molar-refractivity contribution in [1.29, 1.82) is 0 Å². The molecule has 1 aromatic heterocycles. The highest BCUT2D eigenvalue weighted by atomic mass is 35.5. The molecule has 1 unspecified atom stereocenters. The number of carbonyl (C=O) groups excluding carboxylic acids is 1. The van der Waals surface area contributed by atoms with Crippen LogP contribution in [-0.4, -0.2) is 15.3 Å². The number of hydrogen-bond acceptors (Lipinski definition) is 4. The van der Waals surface area contributed by atoms with E-state index in [1.165, 1.54) is 0 Å². The first-order chi connectivity index (χ1) is 12.0. The number of hydrazine groups is 1. The first kappa shape index (κ1) is 17.8. The van der Waals surface area contributed by atoms with Crippen molar-refractivity contribution in [1.82, 2.24) is 15.0 Å². The summed E-state index contributed by atoms with van der Waals surface area (Å²) in [5.74, 6) is -0.160. The molecule has 25 heavy (non-hydrogen) atoms. The van der Waals surface area contributed by atoms with E-state index in [1.54, 1.807) is 65.8 Å². The molecule has 1 atom stereocenters. The molecule has 5 nitrogen and oxygen atoms in total. The van der Waals surface area contributed by atoms with Crippen molar-refractivity contribution < 1.29 is 4.79 Å².